The highest BCUT2D eigenvalue weighted by Crippen LogP contribution is 2.14. The van der Waals surface area contributed by atoms with E-state index in [4.69, 9.17) is 4.74 Å². The van der Waals surface area contributed by atoms with Gasteiger partial charge in [-0.15, -0.1) is 11.8 Å². The second-order valence-corrected chi connectivity index (χ2v) is 2.99. The number of carbonyl (C=O) groups is 1. The van der Waals surface area contributed by atoms with E-state index in [1.807, 2.05) is 6.92 Å². The Bertz CT molecular complexity index is 163. The van der Waals surface area contributed by atoms with E-state index in [-0.39, 0.29) is 5.78 Å². The Hall–Kier alpha value is -0.440. The fourth-order valence-electron chi connectivity index (χ4n) is 0.784. The van der Waals surface area contributed by atoms with Gasteiger partial charge in [-0.2, -0.15) is 0 Å². The third-order valence-electron chi connectivity index (χ3n) is 1.14. The molecular formula is C7H10O2S. The number of ether oxygens (including phenoxy) is 1. The van der Waals surface area contributed by atoms with E-state index < -0.39 is 0 Å². The smallest absolute Gasteiger partial charge is 0.168 e. The molecule has 0 aromatic heterocycles. The van der Waals surface area contributed by atoms with Crippen LogP contribution < -0.4 is 0 Å². The second-order valence-electron chi connectivity index (χ2n) is 2.00. The molecule has 3 heteroatoms. The first-order valence-corrected chi connectivity index (χ1v) is 4.42. The van der Waals surface area contributed by atoms with Gasteiger partial charge in [0.05, 0.1) is 18.1 Å². The summed E-state index contributed by atoms with van der Waals surface area (Å²) in [4.78, 5) is 10.8. The molecule has 10 heavy (non-hydrogen) atoms. The summed E-state index contributed by atoms with van der Waals surface area (Å²) in [6.07, 6.45) is 1.60. The molecule has 0 bridgehead atoms. The molecule has 0 N–H and O–H groups in total. The fourth-order valence-corrected chi connectivity index (χ4v) is 1.54. The standard InChI is InChI=1S/C7H10O2S/c1-2-9-7-3-6(8)4-10-5-7/h3H,2,4-5H2,1H3. The number of carbonyl (C=O) groups excluding carboxylic acids is 1. The minimum absolute atomic E-state index is 0.166. The molecule has 0 atom stereocenters. The van der Waals surface area contributed by atoms with E-state index >= 15 is 0 Å². The van der Waals surface area contributed by atoms with Crippen molar-refractivity contribution in [2.24, 2.45) is 0 Å². The molecule has 1 aliphatic heterocycles. The molecule has 0 spiro atoms. The van der Waals surface area contributed by atoms with Gasteiger partial charge in [-0.1, -0.05) is 0 Å². The Morgan fingerprint density at radius 3 is 3.10 bits per heavy atom. The number of thioether (sulfide) groups is 1. The maximum atomic E-state index is 10.8. The zero-order chi connectivity index (χ0) is 7.40. The summed E-state index contributed by atoms with van der Waals surface area (Å²) >= 11 is 1.61. The maximum Gasteiger partial charge on any atom is 0.168 e. The van der Waals surface area contributed by atoms with Crippen LogP contribution in [0, 0.1) is 0 Å². The van der Waals surface area contributed by atoms with Crippen molar-refractivity contribution in [3.05, 3.63) is 11.8 Å². The summed E-state index contributed by atoms with van der Waals surface area (Å²) in [6.45, 7) is 2.57. The van der Waals surface area contributed by atoms with Crippen LogP contribution in [0.25, 0.3) is 0 Å². The lowest BCUT2D eigenvalue weighted by atomic mass is 10.3. The summed E-state index contributed by atoms with van der Waals surface area (Å²) < 4.78 is 5.17. The van der Waals surface area contributed by atoms with Gasteiger partial charge in [-0.25, -0.2) is 0 Å². The molecule has 0 fully saturated rings. The molecule has 0 unspecified atom stereocenters. The third kappa shape index (κ3) is 2.06. The van der Waals surface area contributed by atoms with Gasteiger partial charge in [0, 0.05) is 6.08 Å². The van der Waals surface area contributed by atoms with E-state index in [9.17, 15) is 4.79 Å². The summed E-state index contributed by atoms with van der Waals surface area (Å²) in [5.74, 6) is 2.44. The zero-order valence-corrected chi connectivity index (χ0v) is 6.74. The number of hydrogen-bond donors (Lipinski definition) is 0. The van der Waals surface area contributed by atoms with Crippen LogP contribution in [0.3, 0.4) is 0 Å². The monoisotopic (exact) mass is 158 g/mol. The van der Waals surface area contributed by atoms with Crippen LogP contribution in [0.4, 0.5) is 0 Å². The molecule has 0 amide bonds. The van der Waals surface area contributed by atoms with Crippen LogP contribution in [0.15, 0.2) is 11.8 Å². The van der Waals surface area contributed by atoms with Gasteiger partial charge in [-0.3, -0.25) is 4.79 Å². The molecule has 0 aromatic rings. The zero-order valence-electron chi connectivity index (χ0n) is 5.92. The average Bonchev–Trinajstić information content (AvgIpc) is 1.88. The Balaban J connectivity index is 2.49. The van der Waals surface area contributed by atoms with E-state index in [1.165, 1.54) is 0 Å². The highest BCUT2D eigenvalue weighted by atomic mass is 32.2. The summed E-state index contributed by atoms with van der Waals surface area (Å²) in [6, 6.07) is 0. The Kier molecular flexibility index (Phi) is 2.81. The van der Waals surface area contributed by atoms with E-state index in [0.717, 1.165) is 11.5 Å². The van der Waals surface area contributed by atoms with Gasteiger partial charge in [0.2, 0.25) is 0 Å². The lowest BCUT2D eigenvalue weighted by Crippen LogP contribution is -2.09. The van der Waals surface area contributed by atoms with E-state index in [2.05, 4.69) is 0 Å². The minimum atomic E-state index is 0.166. The number of ketones is 1. The van der Waals surface area contributed by atoms with Crippen molar-refractivity contribution in [1.82, 2.24) is 0 Å². The first kappa shape index (κ1) is 7.66. The number of rotatable bonds is 2. The molecule has 1 heterocycles. The summed E-state index contributed by atoms with van der Waals surface area (Å²) in [5, 5.41) is 0. The van der Waals surface area contributed by atoms with Gasteiger partial charge < -0.3 is 4.74 Å². The van der Waals surface area contributed by atoms with Crippen molar-refractivity contribution in [1.29, 1.82) is 0 Å². The molecule has 0 aliphatic carbocycles. The Labute approximate surface area is 64.6 Å². The molecular weight excluding hydrogens is 148 g/mol. The molecule has 0 saturated carbocycles. The van der Waals surface area contributed by atoms with Gasteiger partial charge in [-0.05, 0) is 6.92 Å². The first-order chi connectivity index (χ1) is 4.83. The van der Waals surface area contributed by atoms with Crippen LogP contribution in [0.1, 0.15) is 6.92 Å². The van der Waals surface area contributed by atoms with Crippen LogP contribution in [0.5, 0.6) is 0 Å². The predicted octanol–water partition coefficient (Wildman–Crippen LogP) is 1.22. The quantitative estimate of drug-likeness (QED) is 0.604. The molecule has 1 aliphatic rings. The normalized spacial score (nSPS) is 18.5. The molecule has 2 nitrogen and oxygen atoms in total. The molecule has 1 rings (SSSR count). The first-order valence-electron chi connectivity index (χ1n) is 3.27. The largest absolute Gasteiger partial charge is 0.497 e. The lowest BCUT2D eigenvalue weighted by molar-refractivity contribution is -0.112. The van der Waals surface area contributed by atoms with Gasteiger partial charge in [0.25, 0.3) is 0 Å². The highest BCUT2D eigenvalue weighted by molar-refractivity contribution is 8.00. The lowest BCUT2D eigenvalue weighted by Gasteiger charge is -2.11. The third-order valence-corrected chi connectivity index (χ3v) is 2.12. The maximum absolute atomic E-state index is 10.8. The van der Waals surface area contributed by atoms with Crippen molar-refractivity contribution < 1.29 is 9.53 Å². The van der Waals surface area contributed by atoms with Crippen molar-refractivity contribution in [3.8, 4) is 0 Å². The number of allylic oxidation sites excluding steroid dienone is 1. The predicted molar refractivity (Wildman–Crippen MR) is 42.0 cm³/mol. The van der Waals surface area contributed by atoms with Crippen molar-refractivity contribution >= 4 is 17.5 Å². The Morgan fingerprint density at radius 1 is 1.70 bits per heavy atom. The number of hydrogen-bond acceptors (Lipinski definition) is 3. The minimum Gasteiger partial charge on any atom is -0.497 e. The van der Waals surface area contributed by atoms with Crippen molar-refractivity contribution in [3.63, 3.8) is 0 Å². The average molecular weight is 158 g/mol. The van der Waals surface area contributed by atoms with Crippen molar-refractivity contribution in [2.75, 3.05) is 18.1 Å². The van der Waals surface area contributed by atoms with Crippen LogP contribution in [0.2, 0.25) is 0 Å². The SMILES string of the molecule is CCOC1=CC(=O)CSC1. The van der Waals surface area contributed by atoms with E-state index in [1.54, 1.807) is 17.8 Å². The molecule has 56 valence electrons. The van der Waals surface area contributed by atoms with Crippen LogP contribution in [-0.2, 0) is 9.53 Å². The van der Waals surface area contributed by atoms with Crippen LogP contribution >= 0.6 is 11.8 Å². The van der Waals surface area contributed by atoms with Crippen LogP contribution in [-0.4, -0.2) is 23.9 Å². The highest BCUT2D eigenvalue weighted by Gasteiger charge is 2.09. The molecule has 0 aromatic carbocycles. The summed E-state index contributed by atoms with van der Waals surface area (Å²) in [7, 11) is 0. The van der Waals surface area contributed by atoms with Gasteiger partial charge in [0.15, 0.2) is 5.78 Å². The topological polar surface area (TPSA) is 26.3 Å². The second kappa shape index (κ2) is 3.66. The Morgan fingerprint density at radius 2 is 2.50 bits per heavy atom. The molecule has 0 radical (unpaired) electrons. The fraction of sp³-hybridized carbons (Fsp3) is 0.571. The van der Waals surface area contributed by atoms with E-state index in [0.29, 0.717) is 12.4 Å². The van der Waals surface area contributed by atoms with Gasteiger partial charge in [0.1, 0.15) is 5.76 Å². The summed E-state index contributed by atoms with van der Waals surface area (Å²) in [5.41, 5.74) is 0. The van der Waals surface area contributed by atoms with Gasteiger partial charge >= 0.3 is 0 Å². The van der Waals surface area contributed by atoms with Crippen molar-refractivity contribution in [2.45, 2.75) is 6.92 Å². The molecule has 0 saturated heterocycles.